The van der Waals surface area contributed by atoms with Crippen LogP contribution in [-0.4, -0.2) is 56.1 Å². The molecular weight excluding hydrogens is 406 g/mol. The molecule has 2 unspecified atom stereocenters. The van der Waals surface area contributed by atoms with Gasteiger partial charge in [0.05, 0.1) is 14.2 Å². The molecule has 0 radical (unpaired) electrons. The number of hydrogen-bond donors (Lipinski definition) is 2. The van der Waals surface area contributed by atoms with E-state index < -0.39 is 6.04 Å². The molecule has 32 heavy (non-hydrogen) atoms. The molecule has 1 heterocycles. The predicted octanol–water partition coefficient (Wildman–Crippen LogP) is 2.85. The second kappa shape index (κ2) is 11.0. The van der Waals surface area contributed by atoms with Gasteiger partial charge in [0.1, 0.15) is 17.5 Å². The van der Waals surface area contributed by atoms with Gasteiger partial charge in [-0.1, -0.05) is 44.2 Å². The molecule has 7 heteroatoms. The van der Waals surface area contributed by atoms with Crippen LogP contribution in [0.25, 0.3) is 0 Å². The Bertz CT molecular complexity index is 894. The molecule has 0 aromatic heterocycles. The number of ether oxygens (including phenoxy) is 2. The number of rotatable bonds is 9. The Morgan fingerprint density at radius 2 is 1.72 bits per heavy atom. The minimum absolute atomic E-state index is 0.0618. The standard InChI is InChI=1S/C25H33N3O4/c1-17(2)23(27-24(29)19-12-21(31-3)14-22(13-19)32-4)25(30)26-20-10-11-28(16-20)15-18-8-6-5-7-9-18/h5-9,12-14,17,20,23H,10-11,15-16H2,1-4H3,(H,26,30)(H,27,29). The van der Waals surface area contributed by atoms with Gasteiger partial charge in [-0.15, -0.1) is 0 Å². The summed E-state index contributed by atoms with van der Waals surface area (Å²) in [5.74, 6) is 0.477. The van der Waals surface area contributed by atoms with Crippen LogP contribution in [0, 0.1) is 5.92 Å². The average Bonchev–Trinajstić information content (AvgIpc) is 3.23. The topological polar surface area (TPSA) is 79.9 Å². The summed E-state index contributed by atoms with van der Waals surface area (Å²) in [5.41, 5.74) is 1.65. The lowest BCUT2D eigenvalue weighted by Crippen LogP contribution is -2.52. The van der Waals surface area contributed by atoms with Crippen molar-refractivity contribution in [3.05, 3.63) is 59.7 Å². The molecule has 0 bridgehead atoms. The molecule has 2 N–H and O–H groups in total. The molecule has 1 aliphatic rings. The van der Waals surface area contributed by atoms with Crippen LogP contribution in [0.4, 0.5) is 0 Å². The van der Waals surface area contributed by atoms with Crippen LogP contribution in [0.2, 0.25) is 0 Å². The van der Waals surface area contributed by atoms with Crippen molar-refractivity contribution in [2.75, 3.05) is 27.3 Å². The summed E-state index contributed by atoms with van der Waals surface area (Å²) in [6.07, 6.45) is 0.893. The second-order valence-electron chi connectivity index (χ2n) is 8.51. The van der Waals surface area contributed by atoms with Gasteiger partial charge in [-0.25, -0.2) is 0 Å². The molecule has 7 nitrogen and oxygen atoms in total. The number of amides is 2. The molecule has 1 aliphatic heterocycles. The SMILES string of the molecule is COc1cc(OC)cc(C(=O)NC(C(=O)NC2CCN(Cc3ccccc3)C2)C(C)C)c1. The zero-order valence-electron chi connectivity index (χ0n) is 19.3. The highest BCUT2D eigenvalue weighted by atomic mass is 16.5. The molecule has 1 fully saturated rings. The summed E-state index contributed by atoms with van der Waals surface area (Å²) in [7, 11) is 3.06. The number of benzene rings is 2. The maximum Gasteiger partial charge on any atom is 0.252 e. The molecule has 172 valence electrons. The predicted molar refractivity (Wildman–Crippen MR) is 124 cm³/mol. The van der Waals surface area contributed by atoms with Crippen molar-refractivity contribution in [2.45, 2.75) is 38.9 Å². The van der Waals surface area contributed by atoms with Gasteiger partial charge in [-0.2, -0.15) is 0 Å². The molecular formula is C25H33N3O4. The van der Waals surface area contributed by atoms with Crippen LogP contribution in [-0.2, 0) is 11.3 Å². The molecule has 2 atom stereocenters. The van der Waals surface area contributed by atoms with Gasteiger partial charge in [0.15, 0.2) is 0 Å². The number of likely N-dealkylation sites (tertiary alicyclic amines) is 1. The van der Waals surface area contributed by atoms with Crippen LogP contribution in [0.15, 0.2) is 48.5 Å². The Morgan fingerprint density at radius 1 is 1.06 bits per heavy atom. The van der Waals surface area contributed by atoms with E-state index in [-0.39, 0.29) is 23.8 Å². The van der Waals surface area contributed by atoms with E-state index >= 15 is 0 Å². The molecule has 2 aromatic rings. The summed E-state index contributed by atoms with van der Waals surface area (Å²) in [6, 6.07) is 14.7. The highest BCUT2D eigenvalue weighted by Gasteiger charge is 2.30. The lowest BCUT2D eigenvalue weighted by Gasteiger charge is -2.24. The Hall–Kier alpha value is -3.06. The number of nitrogens with one attached hydrogen (secondary N) is 2. The zero-order valence-corrected chi connectivity index (χ0v) is 19.3. The van der Waals surface area contributed by atoms with Crippen LogP contribution in [0.3, 0.4) is 0 Å². The minimum Gasteiger partial charge on any atom is -0.497 e. The van der Waals surface area contributed by atoms with E-state index in [9.17, 15) is 9.59 Å². The van der Waals surface area contributed by atoms with Crippen molar-refractivity contribution in [3.63, 3.8) is 0 Å². The van der Waals surface area contributed by atoms with Gasteiger partial charge >= 0.3 is 0 Å². The van der Waals surface area contributed by atoms with E-state index in [1.165, 1.54) is 19.8 Å². The second-order valence-corrected chi connectivity index (χ2v) is 8.51. The van der Waals surface area contributed by atoms with Crippen LogP contribution >= 0.6 is 0 Å². The highest BCUT2D eigenvalue weighted by Crippen LogP contribution is 2.23. The Labute approximate surface area is 190 Å². The fourth-order valence-corrected chi connectivity index (χ4v) is 3.92. The van der Waals surface area contributed by atoms with Crippen molar-refractivity contribution in [1.29, 1.82) is 0 Å². The molecule has 3 rings (SSSR count). The molecule has 0 spiro atoms. The number of carbonyl (C=O) groups is 2. The molecule has 1 saturated heterocycles. The van der Waals surface area contributed by atoms with Crippen molar-refractivity contribution in [1.82, 2.24) is 15.5 Å². The lowest BCUT2D eigenvalue weighted by molar-refractivity contribution is -0.124. The summed E-state index contributed by atoms with van der Waals surface area (Å²) in [6.45, 7) is 6.45. The van der Waals surface area contributed by atoms with Gasteiger partial charge in [-0.3, -0.25) is 14.5 Å². The normalized spacial score (nSPS) is 17.1. The van der Waals surface area contributed by atoms with E-state index in [4.69, 9.17) is 9.47 Å². The fraction of sp³-hybridized carbons (Fsp3) is 0.440. The average molecular weight is 440 g/mol. The fourth-order valence-electron chi connectivity index (χ4n) is 3.92. The monoisotopic (exact) mass is 439 g/mol. The first-order valence-electron chi connectivity index (χ1n) is 11.0. The Balaban J connectivity index is 1.59. The molecule has 2 amide bonds. The van der Waals surface area contributed by atoms with Gasteiger partial charge in [0.2, 0.25) is 5.91 Å². The molecule has 2 aromatic carbocycles. The van der Waals surface area contributed by atoms with E-state index in [2.05, 4.69) is 27.7 Å². The van der Waals surface area contributed by atoms with Gasteiger partial charge in [0, 0.05) is 37.3 Å². The van der Waals surface area contributed by atoms with Crippen LogP contribution < -0.4 is 20.1 Å². The Kier molecular flexibility index (Phi) is 8.11. The number of hydrogen-bond acceptors (Lipinski definition) is 5. The molecule has 0 saturated carbocycles. The van der Waals surface area contributed by atoms with Crippen LogP contribution in [0.5, 0.6) is 11.5 Å². The van der Waals surface area contributed by atoms with E-state index in [0.29, 0.717) is 17.1 Å². The van der Waals surface area contributed by atoms with E-state index in [1.807, 2.05) is 32.0 Å². The van der Waals surface area contributed by atoms with Crippen molar-refractivity contribution in [2.24, 2.45) is 5.92 Å². The highest BCUT2D eigenvalue weighted by molar-refractivity contribution is 5.98. The third kappa shape index (κ3) is 6.23. The zero-order chi connectivity index (χ0) is 23.1. The summed E-state index contributed by atoms with van der Waals surface area (Å²) < 4.78 is 10.5. The third-order valence-electron chi connectivity index (χ3n) is 5.72. The van der Waals surface area contributed by atoms with E-state index in [0.717, 1.165) is 26.1 Å². The van der Waals surface area contributed by atoms with Gasteiger partial charge in [-0.05, 0) is 30.0 Å². The number of carbonyl (C=O) groups excluding carboxylic acids is 2. The van der Waals surface area contributed by atoms with Gasteiger partial charge in [0.25, 0.3) is 5.91 Å². The van der Waals surface area contributed by atoms with Gasteiger partial charge < -0.3 is 20.1 Å². The largest absolute Gasteiger partial charge is 0.497 e. The summed E-state index contributed by atoms with van der Waals surface area (Å²) in [4.78, 5) is 28.2. The van der Waals surface area contributed by atoms with Crippen molar-refractivity contribution >= 4 is 11.8 Å². The quantitative estimate of drug-likeness (QED) is 0.628. The van der Waals surface area contributed by atoms with Crippen molar-refractivity contribution in [3.8, 4) is 11.5 Å². The first-order valence-corrected chi connectivity index (χ1v) is 11.0. The van der Waals surface area contributed by atoms with Crippen molar-refractivity contribution < 1.29 is 19.1 Å². The summed E-state index contributed by atoms with van der Waals surface area (Å²) >= 11 is 0. The first-order chi connectivity index (χ1) is 15.4. The number of methoxy groups -OCH3 is 2. The minimum atomic E-state index is -0.636. The first kappa shape index (κ1) is 23.6. The lowest BCUT2D eigenvalue weighted by atomic mass is 10.0. The molecule has 0 aliphatic carbocycles. The smallest absolute Gasteiger partial charge is 0.252 e. The Morgan fingerprint density at radius 3 is 2.31 bits per heavy atom. The maximum absolute atomic E-state index is 13.0. The van der Waals surface area contributed by atoms with Crippen LogP contribution in [0.1, 0.15) is 36.2 Å². The third-order valence-corrected chi connectivity index (χ3v) is 5.72. The number of nitrogens with zero attached hydrogens (tertiary/aromatic N) is 1. The van der Waals surface area contributed by atoms with E-state index in [1.54, 1.807) is 18.2 Å². The summed E-state index contributed by atoms with van der Waals surface area (Å²) in [5, 5.41) is 6.02. The maximum atomic E-state index is 13.0.